The van der Waals surface area contributed by atoms with Gasteiger partial charge in [0.2, 0.25) is 0 Å². The van der Waals surface area contributed by atoms with Crippen molar-refractivity contribution in [1.29, 1.82) is 5.26 Å². The maximum absolute atomic E-state index is 12.2. The van der Waals surface area contributed by atoms with Gasteiger partial charge in [-0.2, -0.15) is 5.26 Å². The number of H-pyrrole nitrogens is 1. The van der Waals surface area contributed by atoms with Crippen molar-refractivity contribution in [2.24, 2.45) is 0 Å². The Balaban J connectivity index is 1.51. The van der Waals surface area contributed by atoms with Gasteiger partial charge in [-0.05, 0) is 29.8 Å². The molecule has 3 aromatic rings. The lowest BCUT2D eigenvalue weighted by molar-refractivity contribution is -0.144. The lowest BCUT2D eigenvalue weighted by Crippen LogP contribution is -2.48. The van der Waals surface area contributed by atoms with E-state index >= 15 is 0 Å². The molecule has 0 radical (unpaired) electrons. The number of piperazine rings is 1. The minimum Gasteiger partial charge on any atom is -0.480 e. The zero-order valence-corrected chi connectivity index (χ0v) is 16.5. The van der Waals surface area contributed by atoms with Crippen molar-refractivity contribution in [3.05, 3.63) is 60.0 Å². The van der Waals surface area contributed by atoms with E-state index in [1.165, 1.54) is 0 Å². The molecule has 1 atom stereocenters. The molecule has 8 heteroatoms. The van der Waals surface area contributed by atoms with Gasteiger partial charge in [0.25, 0.3) is 0 Å². The van der Waals surface area contributed by atoms with Gasteiger partial charge in [-0.25, -0.2) is 0 Å². The summed E-state index contributed by atoms with van der Waals surface area (Å²) in [5.74, 6) is -0.324. The van der Waals surface area contributed by atoms with Gasteiger partial charge in [-0.3, -0.25) is 19.6 Å². The summed E-state index contributed by atoms with van der Waals surface area (Å²) in [5.41, 5.74) is 2.71. The smallest absolute Gasteiger partial charge is 0.325 e. The van der Waals surface area contributed by atoms with E-state index in [-0.39, 0.29) is 6.61 Å². The molecule has 30 heavy (non-hydrogen) atoms. The average molecular weight is 405 g/mol. The highest BCUT2D eigenvalue weighted by Gasteiger charge is 2.32. The van der Waals surface area contributed by atoms with Crippen LogP contribution in [0, 0.1) is 11.3 Å². The van der Waals surface area contributed by atoms with Crippen LogP contribution in [-0.2, 0) is 11.3 Å². The Kier molecular flexibility index (Phi) is 5.93. The number of nitrogens with one attached hydrogen (secondary N) is 1. The van der Waals surface area contributed by atoms with Crippen LogP contribution in [0.5, 0.6) is 5.75 Å². The second-order valence-corrected chi connectivity index (χ2v) is 7.31. The summed E-state index contributed by atoms with van der Waals surface area (Å²) < 4.78 is 5.40. The molecule has 154 valence electrons. The van der Waals surface area contributed by atoms with Crippen LogP contribution in [-0.4, -0.2) is 63.6 Å². The molecule has 1 fully saturated rings. The molecule has 0 spiro atoms. The molecule has 1 saturated heterocycles. The third-order valence-electron chi connectivity index (χ3n) is 5.42. The minimum absolute atomic E-state index is 0.0491. The Morgan fingerprint density at radius 1 is 1.30 bits per heavy atom. The first kappa shape index (κ1) is 19.9. The van der Waals surface area contributed by atoms with Crippen LogP contribution in [0.4, 0.5) is 0 Å². The van der Waals surface area contributed by atoms with Gasteiger partial charge < -0.3 is 14.8 Å². The number of carboxylic acid groups (broad SMARTS) is 1. The maximum atomic E-state index is 12.2. The van der Waals surface area contributed by atoms with Crippen LogP contribution in [0.2, 0.25) is 0 Å². The van der Waals surface area contributed by atoms with E-state index in [2.05, 4.69) is 20.9 Å². The third kappa shape index (κ3) is 4.27. The second kappa shape index (κ2) is 8.95. The number of aromatic amines is 1. The third-order valence-corrected chi connectivity index (χ3v) is 5.42. The van der Waals surface area contributed by atoms with Crippen molar-refractivity contribution in [2.45, 2.75) is 12.6 Å². The Labute approximate surface area is 174 Å². The number of rotatable bonds is 7. The number of carboxylic acids is 1. The number of nitrogens with zero attached hydrogens (tertiary/aromatic N) is 4. The summed E-state index contributed by atoms with van der Waals surface area (Å²) >= 11 is 0. The summed E-state index contributed by atoms with van der Waals surface area (Å²) in [7, 11) is 0. The molecule has 0 amide bonds. The Hall–Kier alpha value is -3.41. The van der Waals surface area contributed by atoms with Gasteiger partial charge in [0.05, 0.1) is 0 Å². The first-order valence-corrected chi connectivity index (χ1v) is 9.84. The van der Waals surface area contributed by atoms with Crippen molar-refractivity contribution in [1.82, 2.24) is 19.8 Å². The predicted octanol–water partition coefficient (Wildman–Crippen LogP) is 2.41. The number of aliphatic carboxylic acids is 1. The molecule has 1 aliphatic heterocycles. The second-order valence-electron chi connectivity index (χ2n) is 7.31. The van der Waals surface area contributed by atoms with E-state index in [4.69, 9.17) is 10.00 Å². The Morgan fingerprint density at radius 2 is 2.13 bits per heavy atom. The monoisotopic (exact) mass is 405 g/mol. The van der Waals surface area contributed by atoms with Crippen molar-refractivity contribution < 1.29 is 14.6 Å². The lowest BCUT2D eigenvalue weighted by Gasteiger charge is -2.37. The van der Waals surface area contributed by atoms with Crippen molar-refractivity contribution >= 4 is 16.9 Å². The fourth-order valence-corrected chi connectivity index (χ4v) is 3.97. The zero-order valence-electron chi connectivity index (χ0n) is 16.5. The first-order valence-electron chi connectivity index (χ1n) is 9.84. The van der Waals surface area contributed by atoms with Crippen LogP contribution < -0.4 is 4.74 Å². The largest absolute Gasteiger partial charge is 0.480 e. The highest BCUT2D eigenvalue weighted by atomic mass is 16.5. The molecule has 3 heterocycles. The first-order chi connectivity index (χ1) is 14.7. The van der Waals surface area contributed by atoms with E-state index in [0.717, 1.165) is 36.1 Å². The molecular weight excluding hydrogens is 382 g/mol. The van der Waals surface area contributed by atoms with E-state index in [1.54, 1.807) is 24.5 Å². The molecule has 4 rings (SSSR count). The number of benzene rings is 1. The topological polar surface area (TPSA) is 105 Å². The SMILES string of the molecule is N#CCOc1ccc2[nH]cc([C@H](C(=O)O)N3CCN(Cc4cccnc4)CC3)c2c1. The number of pyridine rings is 1. The molecule has 1 aliphatic rings. The Bertz CT molecular complexity index is 1050. The van der Waals surface area contributed by atoms with Crippen LogP contribution >= 0.6 is 0 Å². The fourth-order valence-electron chi connectivity index (χ4n) is 3.97. The van der Waals surface area contributed by atoms with Crippen LogP contribution in [0.1, 0.15) is 17.2 Å². The summed E-state index contributed by atoms with van der Waals surface area (Å²) in [5, 5.41) is 19.5. The fraction of sp³-hybridized carbons (Fsp3) is 0.318. The molecule has 0 aliphatic carbocycles. The van der Waals surface area contributed by atoms with Crippen molar-refractivity contribution in [3.8, 4) is 11.8 Å². The average Bonchev–Trinajstić information content (AvgIpc) is 3.17. The van der Waals surface area contributed by atoms with Gasteiger partial charge in [-0.15, -0.1) is 0 Å². The number of ether oxygens (including phenoxy) is 1. The van der Waals surface area contributed by atoms with Crippen LogP contribution in [0.3, 0.4) is 0 Å². The lowest BCUT2D eigenvalue weighted by atomic mass is 10.0. The summed E-state index contributed by atoms with van der Waals surface area (Å²) in [4.78, 5) is 23.9. The zero-order chi connectivity index (χ0) is 20.9. The van der Waals surface area contributed by atoms with Crippen LogP contribution in [0.25, 0.3) is 10.9 Å². The number of hydrogen-bond donors (Lipinski definition) is 2. The molecule has 0 saturated carbocycles. The summed E-state index contributed by atoms with van der Waals surface area (Å²) in [6.07, 6.45) is 5.39. The summed E-state index contributed by atoms with van der Waals surface area (Å²) in [6.45, 7) is 3.66. The van der Waals surface area contributed by atoms with Crippen molar-refractivity contribution in [3.63, 3.8) is 0 Å². The molecular formula is C22H23N5O3. The predicted molar refractivity (Wildman–Crippen MR) is 111 cm³/mol. The van der Waals surface area contributed by atoms with Gasteiger partial charge in [0, 0.05) is 67.8 Å². The minimum atomic E-state index is -0.875. The number of nitriles is 1. The molecule has 2 N–H and O–H groups in total. The summed E-state index contributed by atoms with van der Waals surface area (Å²) in [6, 6.07) is 10.6. The van der Waals surface area contributed by atoms with E-state index in [1.807, 2.05) is 29.3 Å². The van der Waals surface area contributed by atoms with E-state index in [9.17, 15) is 9.90 Å². The number of carbonyl (C=O) groups is 1. The number of hydrogen-bond acceptors (Lipinski definition) is 6. The Morgan fingerprint density at radius 3 is 2.83 bits per heavy atom. The maximum Gasteiger partial charge on any atom is 0.325 e. The van der Waals surface area contributed by atoms with Gasteiger partial charge in [-0.1, -0.05) is 6.07 Å². The van der Waals surface area contributed by atoms with Crippen LogP contribution in [0.15, 0.2) is 48.9 Å². The van der Waals surface area contributed by atoms with E-state index in [0.29, 0.717) is 24.4 Å². The quantitative estimate of drug-likeness (QED) is 0.622. The highest BCUT2D eigenvalue weighted by Crippen LogP contribution is 2.32. The van der Waals surface area contributed by atoms with E-state index < -0.39 is 12.0 Å². The van der Waals surface area contributed by atoms with Gasteiger partial charge in [0.15, 0.2) is 6.61 Å². The van der Waals surface area contributed by atoms with Gasteiger partial charge in [0.1, 0.15) is 17.9 Å². The molecule has 0 bridgehead atoms. The van der Waals surface area contributed by atoms with Crippen molar-refractivity contribution in [2.75, 3.05) is 32.8 Å². The normalized spacial score (nSPS) is 16.2. The molecule has 1 aromatic carbocycles. The van der Waals surface area contributed by atoms with Gasteiger partial charge >= 0.3 is 5.97 Å². The molecule has 8 nitrogen and oxygen atoms in total. The molecule has 0 unspecified atom stereocenters. The number of fused-ring (bicyclic) bond motifs is 1. The number of aromatic nitrogens is 2. The molecule has 2 aromatic heterocycles. The highest BCUT2D eigenvalue weighted by molar-refractivity contribution is 5.90. The standard InChI is InChI=1S/C22H23N5O3/c23-5-11-30-17-3-4-20-18(12-17)19(14-25-20)21(22(28)29)27-9-7-26(8-10-27)15-16-2-1-6-24-13-16/h1-4,6,12-14,21,25H,7-11,15H2,(H,28,29)/t21-/m1/s1.